The van der Waals surface area contributed by atoms with Crippen LogP contribution in [0.3, 0.4) is 0 Å². The molecule has 14 heteroatoms. The number of anilines is 1. The number of nitriles is 2. The van der Waals surface area contributed by atoms with E-state index in [0.29, 0.717) is 49.6 Å². The van der Waals surface area contributed by atoms with E-state index in [4.69, 9.17) is 36.8 Å². The number of ether oxygens (including phenoxy) is 2. The zero-order valence-corrected chi connectivity index (χ0v) is 29.2. The van der Waals surface area contributed by atoms with E-state index < -0.39 is 12.0 Å². The summed E-state index contributed by atoms with van der Waals surface area (Å²) in [6.07, 6.45) is 2.13. The molecule has 0 aliphatic carbocycles. The average Bonchev–Trinajstić information content (AvgIpc) is 3.82. The summed E-state index contributed by atoms with van der Waals surface area (Å²) in [6, 6.07) is 18.5. The highest BCUT2D eigenvalue weighted by atomic mass is 35.5. The van der Waals surface area contributed by atoms with Crippen molar-refractivity contribution in [3.63, 3.8) is 0 Å². The molecule has 0 saturated carbocycles. The number of nitrogens with zero attached hydrogens (tertiary/aromatic N) is 5. The van der Waals surface area contributed by atoms with Gasteiger partial charge in [-0.3, -0.25) is 4.79 Å². The Hall–Kier alpha value is -4.66. The van der Waals surface area contributed by atoms with Gasteiger partial charge >= 0.3 is 5.97 Å². The zero-order valence-electron chi connectivity index (χ0n) is 26.8. The lowest BCUT2D eigenvalue weighted by Gasteiger charge is -2.22. The molecule has 0 bridgehead atoms. The van der Waals surface area contributed by atoms with E-state index in [2.05, 4.69) is 22.4 Å². The van der Waals surface area contributed by atoms with Gasteiger partial charge in [0, 0.05) is 53.3 Å². The number of hydrogen-bond acceptors (Lipinski definition) is 12. The van der Waals surface area contributed by atoms with Crippen molar-refractivity contribution in [1.29, 1.82) is 10.5 Å². The van der Waals surface area contributed by atoms with Crippen LogP contribution in [0.5, 0.6) is 5.75 Å². The predicted octanol–water partition coefficient (Wildman–Crippen LogP) is 5.94. The van der Waals surface area contributed by atoms with Crippen molar-refractivity contribution in [2.24, 2.45) is 5.73 Å². The molecule has 1 aliphatic heterocycles. The second-order valence-electron chi connectivity index (χ2n) is 11.1. The third kappa shape index (κ3) is 9.08. The Balaban J connectivity index is 1.32. The third-order valence-corrected chi connectivity index (χ3v) is 9.82. The largest absolute Gasteiger partial charge is 0.490 e. The van der Waals surface area contributed by atoms with Crippen LogP contribution in [0.15, 0.2) is 58.9 Å². The Morgan fingerprint density at radius 1 is 1.04 bits per heavy atom. The van der Waals surface area contributed by atoms with Crippen molar-refractivity contribution in [2.45, 2.75) is 43.0 Å². The fraction of sp³-hybridized carbons (Fsp3) is 0.314. The zero-order chi connectivity index (χ0) is 34.8. The van der Waals surface area contributed by atoms with Crippen LogP contribution in [0, 0.1) is 22.7 Å². The van der Waals surface area contributed by atoms with Crippen LogP contribution in [0.1, 0.15) is 43.0 Å². The molecule has 3 heterocycles. The molecule has 1 saturated heterocycles. The first kappa shape index (κ1) is 35.6. The molecule has 252 valence electrons. The Bertz CT molecular complexity index is 1860. The van der Waals surface area contributed by atoms with Gasteiger partial charge in [0.25, 0.3) is 0 Å². The fourth-order valence-electron chi connectivity index (χ4n) is 5.20. The number of thiazole rings is 1. The molecule has 1 atom stereocenters. The first-order valence-corrected chi connectivity index (χ1v) is 17.9. The standard InChI is InChI=1S/C35H34ClN7O4S2/c1-22(40-30(44)12-13-37)35(45)47-17-16-46-27-10-6-23(7-11-27)31-28(18-38)32(43-14-2-3-15-43)42-34(29(31)19-39)49-21-26-20-48-33(41-26)24-4-8-25(36)9-5-24/h4-11,20,22H,2-3,12-17,21,37H2,1H3,(H,40,44)/t22-/m0/s1. The number of carbonyl (C=O) groups excluding carboxylic acids is 2. The van der Waals surface area contributed by atoms with Crippen LogP contribution in [0.25, 0.3) is 21.7 Å². The number of rotatable bonds is 14. The number of carbonyl (C=O) groups is 2. The lowest BCUT2D eigenvalue weighted by Crippen LogP contribution is -2.40. The number of halogens is 1. The number of benzene rings is 2. The average molecular weight is 716 g/mol. The number of aromatic nitrogens is 2. The van der Waals surface area contributed by atoms with Crippen LogP contribution < -0.4 is 20.7 Å². The lowest BCUT2D eigenvalue weighted by atomic mass is 9.96. The maximum atomic E-state index is 12.2. The summed E-state index contributed by atoms with van der Waals surface area (Å²) >= 11 is 9.01. The molecular formula is C35H34ClN7O4S2. The van der Waals surface area contributed by atoms with Gasteiger partial charge in [0.2, 0.25) is 5.91 Å². The van der Waals surface area contributed by atoms with E-state index in [1.165, 1.54) is 30.0 Å². The fourth-order valence-corrected chi connectivity index (χ4v) is 7.13. The first-order chi connectivity index (χ1) is 23.8. The summed E-state index contributed by atoms with van der Waals surface area (Å²) in [5.41, 5.74) is 9.08. The van der Waals surface area contributed by atoms with Gasteiger partial charge in [0.1, 0.15) is 58.6 Å². The summed E-state index contributed by atoms with van der Waals surface area (Å²) in [7, 11) is 0. The van der Waals surface area contributed by atoms with Crippen molar-refractivity contribution >= 4 is 52.4 Å². The van der Waals surface area contributed by atoms with Gasteiger partial charge in [-0.15, -0.1) is 11.3 Å². The molecule has 5 rings (SSSR count). The number of pyridine rings is 1. The smallest absolute Gasteiger partial charge is 0.328 e. The summed E-state index contributed by atoms with van der Waals surface area (Å²) < 4.78 is 11.0. The molecule has 0 radical (unpaired) electrons. The molecule has 1 amide bonds. The Morgan fingerprint density at radius 2 is 1.73 bits per heavy atom. The number of nitrogens with two attached hydrogens (primary N) is 1. The van der Waals surface area contributed by atoms with Crippen molar-refractivity contribution < 1.29 is 19.1 Å². The minimum Gasteiger partial charge on any atom is -0.490 e. The van der Waals surface area contributed by atoms with Crippen molar-refractivity contribution in [1.82, 2.24) is 15.3 Å². The first-order valence-electron chi connectivity index (χ1n) is 15.7. The van der Waals surface area contributed by atoms with Gasteiger partial charge in [0.05, 0.1) is 11.3 Å². The number of esters is 1. The van der Waals surface area contributed by atoms with E-state index in [0.717, 1.165) is 42.2 Å². The Kier molecular flexibility index (Phi) is 12.5. The van der Waals surface area contributed by atoms with Gasteiger partial charge in [0.15, 0.2) is 0 Å². The van der Waals surface area contributed by atoms with Crippen molar-refractivity contribution in [3.05, 3.63) is 75.8 Å². The second kappa shape index (κ2) is 17.1. The summed E-state index contributed by atoms with van der Waals surface area (Å²) in [5.74, 6) is 0.691. The molecule has 1 aliphatic rings. The minimum atomic E-state index is -0.802. The quantitative estimate of drug-likeness (QED) is 0.0901. The maximum absolute atomic E-state index is 12.2. The monoisotopic (exact) mass is 715 g/mol. The molecule has 1 fully saturated rings. The molecule has 2 aromatic carbocycles. The Labute approximate surface area is 298 Å². The number of amides is 1. The van der Waals surface area contributed by atoms with Crippen LogP contribution in [-0.4, -0.2) is 60.7 Å². The predicted molar refractivity (Wildman–Crippen MR) is 190 cm³/mol. The highest BCUT2D eigenvalue weighted by Gasteiger charge is 2.26. The minimum absolute atomic E-state index is 0.0147. The van der Waals surface area contributed by atoms with Crippen molar-refractivity contribution in [2.75, 3.05) is 37.7 Å². The molecular weight excluding hydrogens is 682 g/mol. The van der Waals surface area contributed by atoms with Crippen LogP contribution in [0.2, 0.25) is 5.02 Å². The van der Waals surface area contributed by atoms with Gasteiger partial charge < -0.3 is 25.4 Å². The van der Waals surface area contributed by atoms with Gasteiger partial charge in [-0.25, -0.2) is 14.8 Å². The molecule has 4 aromatic rings. The highest BCUT2D eigenvalue weighted by molar-refractivity contribution is 7.98. The SMILES string of the molecule is C[C@H](NC(=O)CCN)C(=O)OCCOc1ccc(-c2c(C#N)c(SCc3csc(-c4ccc(Cl)cc4)n3)nc(N3CCCC3)c2C#N)cc1. The molecule has 0 unspecified atom stereocenters. The molecule has 49 heavy (non-hydrogen) atoms. The summed E-state index contributed by atoms with van der Waals surface area (Å²) in [5, 5.41) is 27.4. The van der Waals surface area contributed by atoms with Gasteiger partial charge in [-0.1, -0.05) is 47.6 Å². The molecule has 3 N–H and O–H groups in total. The molecule has 0 spiro atoms. The van der Waals surface area contributed by atoms with Crippen LogP contribution >= 0.6 is 34.7 Å². The van der Waals surface area contributed by atoms with Gasteiger partial charge in [-0.2, -0.15) is 10.5 Å². The number of nitrogens with one attached hydrogen (secondary N) is 1. The van der Waals surface area contributed by atoms with Gasteiger partial charge in [-0.05, 0) is 49.6 Å². The third-order valence-electron chi connectivity index (χ3n) is 7.62. The van der Waals surface area contributed by atoms with Crippen LogP contribution in [0.4, 0.5) is 5.82 Å². The lowest BCUT2D eigenvalue weighted by molar-refractivity contribution is -0.148. The molecule has 11 nitrogen and oxygen atoms in total. The van der Waals surface area contributed by atoms with E-state index >= 15 is 0 Å². The highest BCUT2D eigenvalue weighted by Crippen LogP contribution is 2.40. The van der Waals surface area contributed by atoms with E-state index in [1.807, 2.05) is 29.6 Å². The molecule has 2 aromatic heterocycles. The van der Waals surface area contributed by atoms with E-state index in [9.17, 15) is 20.1 Å². The summed E-state index contributed by atoms with van der Waals surface area (Å²) in [4.78, 5) is 35.6. The van der Waals surface area contributed by atoms with E-state index in [-0.39, 0.29) is 32.1 Å². The number of hydrogen-bond donors (Lipinski definition) is 2. The van der Waals surface area contributed by atoms with Crippen molar-refractivity contribution in [3.8, 4) is 39.6 Å². The van der Waals surface area contributed by atoms with E-state index in [1.54, 1.807) is 24.3 Å². The normalized spacial score (nSPS) is 13.0. The topological polar surface area (TPSA) is 167 Å². The Morgan fingerprint density at radius 3 is 2.41 bits per heavy atom. The number of thioether (sulfide) groups is 1. The summed E-state index contributed by atoms with van der Waals surface area (Å²) in [6.45, 7) is 3.37. The van der Waals surface area contributed by atoms with Crippen LogP contribution in [-0.2, 0) is 20.1 Å². The second-order valence-corrected chi connectivity index (χ2v) is 13.3. The maximum Gasteiger partial charge on any atom is 0.328 e.